The lowest BCUT2D eigenvalue weighted by Gasteiger charge is -2.42. The minimum atomic E-state index is -0.980. The summed E-state index contributed by atoms with van der Waals surface area (Å²) in [6.07, 6.45) is 3.04. The quantitative estimate of drug-likeness (QED) is 0.393. The van der Waals surface area contributed by atoms with E-state index in [1.54, 1.807) is 30.6 Å². The van der Waals surface area contributed by atoms with Crippen molar-refractivity contribution >= 4 is 23.4 Å². The number of nitrogens with zero attached hydrogens (tertiary/aromatic N) is 2. The molecular formula is C25H26FN5O5. The van der Waals surface area contributed by atoms with Crippen molar-refractivity contribution in [1.82, 2.24) is 20.2 Å². The van der Waals surface area contributed by atoms with E-state index in [1.807, 2.05) is 6.92 Å². The third-order valence-corrected chi connectivity index (χ3v) is 6.62. The van der Waals surface area contributed by atoms with Crippen molar-refractivity contribution < 1.29 is 28.6 Å². The molecule has 188 valence electrons. The van der Waals surface area contributed by atoms with Crippen LogP contribution in [0.5, 0.6) is 11.5 Å². The van der Waals surface area contributed by atoms with Crippen LogP contribution in [0.4, 0.5) is 20.6 Å². The number of ether oxygens (including phenoxy) is 2. The summed E-state index contributed by atoms with van der Waals surface area (Å²) in [7, 11) is 1.38. The first-order valence-electron chi connectivity index (χ1n) is 11.6. The molecule has 3 aromatic rings. The minimum absolute atomic E-state index is 0.0215. The number of carbonyl (C=O) groups is 2. The molecule has 0 bridgehead atoms. The van der Waals surface area contributed by atoms with E-state index < -0.39 is 18.0 Å². The lowest BCUT2D eigenvalue weighted by atomic mass is 9.98. The van der Waals surface area contributed by atoms with Crippen molar-refractivity contribution in [2.24, 2.45) is 0 Å². The number of nitrogens with one attached hydrogen (secondary N) is 3. The molecule has 2 aliphatic heterocycles. The maximum absolute atomic E-state index is 14.4. The average Bonchev–Trinajstić information content (AvgIpc) is 3.18. The van der Waals surface area contributed by atoms with E-state index in [-0.39, 0.29) is 17.7 Å². The number of carboxylic acid groups (broad SMARTS) is 1. The third kappa shape index (κ3) is 4.06. The van der Waals surface area contributed by atoms with Crippen LogP contribution in [-0.2, 0) is 6.42 Å². The number of carbonyl (C=O) groups excluding carboxylic acids is 1. The van der Waals surface area contributed by atoms with Gasteiger partial charge in [0.25, 0.3) is 5.91 Å². The van der Waals surface area contributed by atoms with E-state index in [2.05, 4.69) is 20.6 Å². The molecule has 0 spiro atoms. The van der Waals surface area contributed by atoms with Gasteiger partial charge in [-0.05, 0) is 31.5 Å². The van der Waals surface area contributed by atoms with Crippen LogP contribution in [0.2, 0.25) is 0 Å². The predicted octanol–water partition coefficient (Wildman–Crippen LogP) is 3.77. The van der Waals surface area contributed by atoms with Gasteiger partial charge in [-0.3, -0.25) is 9.78 Å². The van der Waals surface area contributed by atoms with E-state index in [9.17, 15) is 19.1 Å². The number of pyridine rings is 1. The van der Waals surface area contributed by atoms with Gasteiger partial charge >= 0.3 is 6.09 Å². The molecule has 11 heteroatoms. The number of hydrogen-bond acceptors (Lipinski definition) is 6. The number of anilines is 2. The SMILES string of the molecule is COc1c(F)cccc1Nc1c(-c2ccncc2OC(C)[C@H]2CCN2C(=O)O)[nH]c2c1C(=O)NCC2. The molecule has 2 atom stereocenters. The Labute approximate surface area is 206 Å². The number of para-hydroxylation sites is 1. The highest BCUT2D eigenvalue weighted by Gasteiger charge is 2.38. The zero-order chi connectivity index (χ0) is 25.4. The van der Waals surface area contributed by atoms with Gasteiger partial charge in [-0.2, -0.15) is 0 Å². The third-order valence-electron chi connectivity index (χ3n) is 6.62. The van der Waals surface area contributed by atoms with Crippen LogP contribution in [0, 0.1) is 5.82 Å². The lowest BCUT2D eigenvalue weighted by molar-refractivity contribution is 0.0150. The van der Waals surface area contributed by atoms with Crippen LogP contribution in [0.15, 0.2) is 36.7 Å². The molecule has 5 rings (SSSR count). The molecule has 1 aromatic carbocycles. The number of aromatic amines is 1. The van der Waals surface area contributed by atoms with E-state index in [0.717, 1.165) is 5.69 Å². The van der Waals surface area contributed by atoms with Gasteiger partial charge in [0, 0.05) is 37.0 Å². The summed E-state index contributed by atoms with van der Waals surface area (Å²) in [6, 6.07) is 5.98. The number of aromatic nitrogens is 2. The number of likely N-dealkylation sites (tertiary alicyclic amines) is 1. The van der Waals surface area contributed by atoms with Crippen LogP contribution >= 0.6 is 0 Å². The fraction of sp³-hybridized carbons (Fsp3) is 0.320. The normalized spacial score (nSPS) is 17.5. The predicted molar refractivity (Wildman–Crippen MR) is 130 cm³/mol. The van der Waals surface area contributed by atoms with E-state index in [0.29, 0.717) is 59.9 Å². The second-order valence-electron chi connectivity index (χ2n) is 8.71. The number of H-pyrrole nitrogens is 1. The molecule has 1 fully saturated rings. The number of rotatable bonds is 7. The number of benzene rings is 1. The Morgan fingerprint density at radius 1 is 1.36 bits per heavy atom. The first-order valence-corrected chi connectivity index (χ1v) is 11.6. The first-order chi connectivity index (χ1) is 17.4. The Bertz CT molecular complexity index is 1330. The van der Waals surface area contributed by atoms with Crippen LogP contribution < -0.4 is 20.1 Å². The van der Waals surface area contributed by atoms with Crippen molar-refractivity contribution in [3.05, 3.63) is 53.7 Å². The summed E-state index contributed by atoms with van der Waals surface area (Å²) < 4.78 is 25.9. The Balaban J connectivity index is 1.57. The highest BCUT2D eigenvalue weighted by atomic mass is 19.1. The molecule has 2 amide bonds. The minimum Gasteiger partial charge on any atom is -0.492 e. The summed E-state index contributed by atoms with van der Waals surface area (Å²) in [5.74, 6) is -0.347. The van der Waals surface area contributed by atoms with Crippen molar-refractivity contribution in [2.45, 2.75) is 31.9 Å². The van der Waals surface area contributed by atoms with Crippen LogP contribution in [0.1, 0.15) is 29.4 Å². The first kappa shape index (κ1) is 23.5. The number of fused-ring (bicyclic) bond motifs is 1. The Hall–Kier alpha value is -4.28. The van der Waals surface area contributed by atoms with Gasteiger partial charge in [0.1, 0.15) is 11.9 Å². The monoisotopic (exact) mass is 495 g/mol. The fourth-order valence-electron chi connectivity index (χ4n) is 4.75. The second-order valence-corrected chi connectivity index (χ2v) is 8.71. The fourth-order valence-corrected chi connectivity index (χ4v) is 4.75. The second kappa shape index (κ2) is 9.40. The Kier molecular flexibility index (Phi) is 6.13. The summed E-state index contributed by atoms with van der Waals surface area (Å²) in [5.41, 5.74) is 3.16. The van der Waals surface area contributed by atoms with Crippen molar-refractivity contribution in [1.29, 1.82) is 0 Å². The molecule has 36 heavy (non-hydrogen) atoms. The highest BCUT2D eigenvalue weighted by Crippen LogP contribution is 2.42. The number of amides is 2. The Morgan fingerprint density at radius 3 is 2.92 bits per heavy atom. The lowest BCUT2D eigenvalue weighted by Crippen LogP contribution is -2.56. The van der Waals surface area contributed by atoms with Crippen LogP contribution in [0.3, 0.4) is 0 Å². The summed E-state index contributed by atoms with van der Waals surface area (Å²) >= 11 is 0. The van der Waals surface area contributed by atoms with E-state index >= 15 is 0 Å². The molecule has 0 radical (unpaired) electrons. The zero-order valence-corrected chi connectivity index (χ0v) is 19.8. The van der Waals surface area contributed by atoms with Gasteiger partial charge in [-0.25, -0.2) is 9.18 Å². The maximum Gasteiger partial charge on any atom is 0.407 e. The standard InChI is InChI=1S/C25H26FN5O5/c1-13(18-8-11-31(18)25(33)34)36-19-12-27-9-6-14(19)21-22(20-16(29-21)7-10-28-24(20)32)30-17-5-3-4-15(26)23(17)35-2/h3-6,9,12-13,18,29-30H,7-8,10-11H2,1-2H3,(H,28,32)(H,33,34)/t13?,18-/m1/s1. The molecule has 2 aliphatic rings. The number of halogens is 1. The number of hydrogen-bond donors (Lipinski definition) is 4. The van der Waals surface area contributed by atoms with E-state index in [1.165, 1.54) is 18.1 Å². The van der Waals surface area contributed by atoms with Crippen molar-refractivity contribution in [3.8, 4) is 22.8 Å². The molecule has 4 N–H and O–H groups in total. The molecule has 2 aromatic heterocycles. The highest BCUT2D eigenvalue weighted by molar-refractivity contribution is 6.06. The smallest absolute Gasteiger partial charge is 0.407 e. The summed E-state index contributed by atoms with van der Waals surface area (Å²) in [5, 5.41) is 15.4. The topological polar surface area (TPSA) is 129 Å². The average molecular weight is 496 g/mol. The van der Waals surface area contributed by atoms with Crippen molar-refractivity contribution in [3.63, 3.8) is 0 Å². The van der Waals surface area contributed by atoms with E-state index in [4.69, 9.17) is 9.47 Å². The van der Waals surface area contributed by atoms with Gasteiger partial charge in [0.15, 0.2) is 11.6 Å². The van der Waals surface area contributed by atoms with Crippen LogP contribution in [-0.4, -0.2) is 64.3 Å². The number of methoxy groups -OCH3 is 1. The van der Waals surface area contributed by atoms with Gasteiger partial charge in [-0.1, -0.05) is 6.07 Å². The van der Waals surface area contributed by atoms with Gasteiger partial charge < -0.3 is 35.1 Å². The molecule has 1 unspecified atom stereocenters. The van der Waals surface area contributed by atoms with Gasteiger partial charge in [0.2, 0.25) is 0 Å². The summed E-state index contributed by atoms with van der Waals surface area (Å²) in [4.78, 5) is 33.2. The largest absolute Gasteiger partial charge is 0.492 e. The van der Waals surface area contributed by atoms with Crippen LogP contribution in [0.25, 0.3) is 11.3 Å². The maximum atomic E-state index is 14.4. The van der Waals surface area contributed by atoms with Gasteiger partial charge in [-0.15, -0.1) is 0 Å². The molecule has 10 nitrogen and oxygen atoms in total. The molecule has 4 heterocycles. The molecule has 0 saturated carbocycles. The molecular weight excluding hydrogens is 469 g/mol. The molecule has 0 aliphatic carbocycles. The Morgan fingerprint density at radius 2 is 2.19 bits per heavy atom. The van der Waals surface area contributed by atoms with Gasteiger partial charge in [0.05, 0.1) is 42.0 Å². The zero-order valence-electron chi connectivity index (χ0n) is 19.8. The summed E-state index contributed by atoms with van der Waals surface area (Å²) in [6.45, 7) is 2.77. The van der Waals surface area contributed by atoms with Crippen molar-refractivity contribution in [2.75, 3.05) is 25.5 Å². The molecule has 1 saturated heterocycles.